The number of nitrogens with zero attached hydrogens (tertiary/aromatic N) is 1. The highest BCUT2D eigenvalue weighted by Crippen LogP contribution is 2.49. The van der Waals surface area contributed by atoms with E-state index in [0.717, 1.165) is 40.8 Å². The zero-order valence-corrected chi connectivity index (χ0v) is 15.0. The molecule has 3 heterocycles. The SMILES string of the molecule is COC(=O)c1ccc2[nH]c3c(c2c1)CN(C(=O)[C@@H]1C[C@@H]1c1ccco1)CC3. The fourth-order valence-corrected chi connectivity index (χ4v) is 4.17. The number of fused-ring (bicyclic) bond motifs is 3. The summed E-state index contributed by atoms with van der Waals surface area (Å²) >= 11 is 0. The van der Waals surface area contributed by atoms with Crippen LogP contribution < -0.4 is 0 Å². The van der Waals surface area contributed by atoms with Crippen LogP contribution in [0.5, 0.6) is 0 Å². The van der Waals surface area contributed by atoms with E-state index in [1.54, 1.807) is 12.3 Å². The van der Waals surface area contributed by atoms with Crippen LogP contribution in [0.4, 0.5) is 0 Å². The number of esters is 1. The number of amides is 1. The number of carbonyl (C=O) groups excluding carboxylic acids is 2. The van der Waals surface area contributed by atoms with Crippen LogP contribution in [0.1, 0.15) is 39.7 Å². The number of carbonyl (C=O) groups is 2. The Morgan fingerprint density at radius 2 is 2.19 bits per heavy atom. The van der Waals surface area contributed by atoms with Crippen molar-refractivity contribution in [3.8, 4) is 0 Å². The molecule has 138 valence electrons. The minimum absolute atomic E-state index is 0.0218. The maximum atomic E-state index is 13.0. The molecular formula is C21H20N2O4. The summed E-state index contributed by atoms with van der Waals surface area (Å²) in [6.45, 7) is 1.28. The molecule has 2 atom stereocenters. The Bertz CT molecular complexity index is 1030. The van der Waals surface area contributed by atoms with Crippen molar-refractivity contribution in [3.63, 3.8) is 0 Å². The molecule has 1 aliphatic carbocycles. The third-order valence-corrected chi connectivity index (χ3v) is 5.72. The number of hydrogen-bond acceptors (Lipinski definition) is 4. The molecule has 1 aliphatic heterocycles. The quantitative estimate of drug-likeness (QED) is 0.724. The van der Waals surface area contributed by atoms with E-state index >= 15 is 0 Å². The van der Waals surface area contributed by atoms with E-state index in [9.17, 15) is 9.59 Å². The smallest absolute Gasteiger partial charge is 0.337 e. The first kappa shape index (κ1) is 16.2. The molecule has 1 aromatic carbocycles. The fourth-order valence-electron chi connectivity index (χ4n) is 4.17. The number of nitrogens with one attached hydrogen (secondary N) is 1. The van der Waals surface area contributed by atoms with Crippen molar-refractivity contribution in [1.29, 1.82) is 0 Å². The van der Waals surface area contributed by atoms with Crippen molar-refractivity contribution in [2.45, 2.75) is 25.3 Å². The van der Waals surface area contributed by atoms with Gasteiger partial charge in [0.25, 0.3) is 0 Å². The van der Waals surface area contributed by atoms with E-state index in [1.807, 2.05) is 29.2 Å². The molecule has 6 heteroatoms. The lowest BCUT2D eigenvalue weighted by Crippen LogP contribution is -2.37. The minimum atomic E-state index is -0.352. The van der Waals surface area contributed by atoms with Gasteiger partial charge in [-0.3, -0.25) is 4.79 Å². The molecule has 1 fully saturated rings. The molecule has 6 nitrogen and oxygen atoms in total. The van der Waals surface area contributed by atoms with Gasteiger partial charge in [-0.15, -0.1) is 0 Å². The van der Waals surface area contributed by atoms with Crippen LogP contribution in [0.25, 0.3) is 10.9 Å². The second-order valence-electron chi connectivity index (χ2n) is 7.31. The molecule has 0 saturated heterocycles. The summed E-state index contributed by atoms with van der Waals surface area (Å²) in [6.07, 6.45) is 3.31. The summed E-state index contributed by atoms with van der Waals surface area (Å²) in [6, 6.07) is 9.33. The number of ether oxygens (including phenoxy) is 1. The molecule has 3 aromatic rings. The third kappa shape index (κ3) is 2.63. The van der Waals surface area contributed by atoms with Gasteiger partial charge in [0.15, 0.2) is 0 Å². The maximum Gasteiger partial charge on any atom is 0.337 e. The van der Waals surface area contributed by atoms with E-state index in [2.05, 4.69) is 4.98 Å². The second kappa shape index (κ2) is 6.01. The molecule has 0 spiro atoms. The normalized spacial score (nSPS) is 21.1. The van der Waals surface area contributed by atoms with Gasteiger partial charge in [-0.1, -0.05) is 0 Å². The van der Waals surface area contributed by atoms with Gasteiger partial charge in [-0.2, -0.15) is 0 Å². The number of H-pyrrole nitrogens is 1. The van der Waals surface area contributed by atoms with Gasteiger partial charge in [0.1, 0.15) is 5.76 Å². The third-order valence-electron chi connectivity index (χ3n) is 5.72. The lowest BCUT2D eigenvalue weighted by atomic mass is 10.0. The number of benzene rings is 1. The van der Waals surface area contributed by atoms with Crippen LogP contribution in [-0.2, 0) is 22.5 Å². The number of rotatable bonds is 3. The number of aromatic nitrogens is 1. The van der Waals surface area contributed by atoms with Crippen molar-refractivity contribution in [2.24, 2.45) is 5.92 Å². The Labute approximate surface area is 156 Å². The van der Waals surface area contributed by atoms with Crippen LogP contribution in [0.15, 0.2) is 41.0 Å². The van der Waals surface area contributed by atoms with Gasteiger partial charge in [0.2, 0.25) is 5.91 Å². The Morgan fingerprint density at radius 1 is 1.30 bits per heavy atom. The van der Waals surface area contributed by atoms with Crippen molar-refractivity contribution >= 4 is 22.8 Å². The first-order valence-electron chi connectivity index (χ1n) is 9.19. The van der Waals surface area contributed by atoms with Crippen molar-refractivity contribution in [3.05, 3.63) is 59.2 Å². The number of aromatic amines is 1. The monoisotopic (exact) mass is 364 g/mol. The molecule has 1 saturated carbocycles. The average Bonchev–Trinajstić information content (AvgIpc) is 3.14. The predicted octanol–water partition coefficient (Wildman–Crippen LogP) is 3.24. The maximum absolute atomic E-state index is 13.0. The molecule has 2 aromatic heterocycles. The van der Waals surface area contributed by atoms with E-state index in [4.69, 9.17) is 9.15 Å². The topological polar surface area (TPSA) is 75.5 Å². The van der Waals surface area contributed by atoms with Crippen LogP contribution in [0.3, 0.4) is 0 Å². The van der Waals surface area contributed by atoms with Crippen molar-refractivity contribution < 1.29 is 18.7 Å². The summed E-state index contributed by atoms with van der Waals surface area (Å²) in [5.74, 6) is 0.979. The summed E-state index contributed by atoms with van der Waals surface area (Å²) in [5, 5.41) is 0.990. The average molecular weight is 364 g/mol. The molecule has 0 bridgehead atoms. The number of methoxy groups -OCH3 is 1. The lowest BCUT2D eigenvalue weighted by Gasteiger charge is -2.27. The van der Waals surface area contributed by atoms with Gasteiger partial charge in [-0.05, 0) is 36.8 Å². The molecule has 27 heavy (non-hydrogen) atoms. The zero-order valence-electron chi connectivity index (χ0n) is 15.0. The second-order valence-corrected chi connectivity index (χ2v) is 7.31. The highest BCUT2D eigenvalue weighted by molar-refractivity contribution is 5.96. The Kier molecular flexibility index (Phi) is 3.60. The lowest BCUT2D eigenvalue weighted by molar-refractivity contribution is -0.133. The van der Waals surface area contributed by atoms with E-state index in [0.29, 0.717) is 18.7 Å². The highest BCUT2D eigenvalue weighted by atomic mass is 16.5. The zero-order chi connectivity index (χ0) is 18.5. The van der Waals surface area contributed by atoms with Gasteiger partial charge >= 0.3 is 5.97 Å². The molecule has 1 amide bonds. The van der Waals surface area contributed by atoms with Crippen LogP contribution in [0, 0.1) is 5.92 Å². The van der Waals surface area contributed by atoms with Crippen molar-refractivity contribution in [1.82, 2.24) is 9.88 Å². The molecule has 0 radical (unpaired) electrons. The molecule has 1 N–H and O–H groups in total. The standard InChI is InChI=1S/C21H20N2O4/c1-26-21(25)12-4-5-17-13(9-12)16-11-23(7-6-18(16)22-17)20(24)15-10-14(15)19-3-2-8-27-19/h2-5,8-9,14-15,22H,6-7,10-11H2,1H3/t14-,15+/m0/s1. The molecule has 5 rings (SSSR count). The van der Waals surface area contributed by atoms with Gasteiger partial charge < -0.3 is 19.0 Å². The largest absolute Gasteiger partial charge is 0.469 e. The molecular weight excluding hydrogens is 344 g/mol. The van der Waals surface area contributed by atoms with E-state index in [-0.39, 0.29) is 23.7 Å². The summed E-state index contributed by atoms with van der Waals surface area (Å²) < 4.78 is 10.3. The van der Waals surface area contributed by atoms with E-state index in [1.165, 1.54) is 7.11 Å². The first-order valence-corrected chi connectivity index (χ1v) is 9.19. The fraction of sp³-hybridized carbons (Fsp3) is 0.333. The summed E-state index contributed by atoms with van der Waals surface area (Å²) in [4.78, 5) is 30.2. The minimum Gasteiger partial charge on any atom is -0.469 e. The highest BCUT2D eigenvalue weighted by Gasteiger charge is 2.47. The molecule has 0 unspecified atom stereocenters. The first-order chi connectivity index (χ1) is 13.2. The van der Waals surface area contributed by atoms with Gasteiger partial charge in [-0.25, -0.2) is 4.79 Å². The van der Waals surface area contributed by atoms with Crippen molar-refractivity contribution in [2.75, 3.05) is 13.7 Å². The predicted molar refractivity (Wildman–Crippen MR) is 98.3 cm³/mol. The van der Waals surface area contributed by atoms with E-state index < -0.39 is 0 Å². The van der Waals surface area contributed by atoms with Crippen LogP contribution >= 0.6 is 0 Å². The molecule has 2 aliphatic rings. The van der Waals surface area contributed by atoms with Crippen LogP contribution in [0.2, 0.25) is 0 Å². The Hall–Kier alpha value is -3.02. The summed E-state index contributed by atoms with van der Waals surface area (Å²) in [7, 11) is 1.38. The van der Waals surface area contributed by atoms with Gasteiger partial charge in [0, 0.05) is 53.5 Å². The van der Waals surface area contributed by atoms with Gasteiger partial charge in [0.05, 0.1) is 18.9 Å². The van der Waals surface area contributed by atoms with Crippen LogP contribution in [-0.4, -0.2) is 35.4 Å². The number of hydrogen-bond donors (Lipinski definition) is 1. The number of furan rings is 1. The Morgan fingerprint density at radius 3 is 2.96 bits per heavy atom. The summed E-state index contributed by atoms with van der Waals surface area (Å²) in [5.41, 5.74) is 3.76. The Balaban J connectivity index is 1.40.